The van der Waals surface area contributed by atoms with Crippen LogP contribution in [0, 0.1) is 5.92 Å². The van der Waals surface area contributed by atoms with Crippen molar-refractivity contribution in [3.8, 4) is 0 Å². The van der Waals surface area contributed by atoms with E-state index >= 15 is 0 Å². The van der Waals surface area contributed by atoms with E-state index in [-0.39, 0.29) is 24.5 Å². The summed E-state index contributed by atoms with van der Waals surface area (Å²) in [5.41, 5.74) is 2.58. The summed E-state index contributed by atoms with van der Waals surface area (Å²) in [6.45, 7) is 6.16. The maximum absolute atomic E-state index is 11.9. The Morgan fingerprint density at radius 3 is 2.47 bits per heavy atom. The molecule has 1 aliphatic rings. The lowest BCUT2D eigenvalue weighted by Crippen LogP contribution is -2.36. The molecule has 0 radical (unpaired) electrons. The molecule has 1 aromatic rings. The number of carbonyl (C=O) groups excluding carboxylic acids is 1. The molecule has 19 heavy (non-hydrogen) atoms. The smallest absolute Gasteiger partial charge is 0.224 e. The van der Waals surface area contributed by atoms with E-state index in [0.29, 0.717) is 11.8 Å². The third-order valence-electron chi connectivity index (χ3n) is 3.82. The number of rotatable bonds is 5. The summed E-state index contributed by atoms with van der Waals surface area (Å²) >= 11 is 0. The van der Waals surface area contributed by atoms with Crippen LogP contribution in [-0.4, -0.2) is 23.7 Å². The molecule has 3 unspecified atom stereocenters. The Hall–Kier alpha value is -1.35. The standard InChI is InChI=1S/C16H23NO2/c1-10(2)12-4-6-13(7-5-12)14-8-15(14)16(19)17-11(3)9-18/h4-7,10-11,14-15,18H,8-9H2,1-3H3,(H,17,19). The van der Waals surface area contributed by atoms with Crippen LogP contribution in [-0.2, 0) is 4.79 Å². The van der Waals surface area contributed by atoms with Crippen LogP contribution in [0.25, 0.3) is 0 Å². The summed E-state index contributed by atoms with van der Waals surface area (Å²) in [6.07, 6.45) is 0.922. The number of aliphatic hydroxyl groups excluding tert-OH is 1. The van der Waals surface area contributed by atoms with Crippen LogP contribution in [0.1, 0.15) is 50.2 Å². The van der Waals surface area contributed by atoms with E-state index in [9.17, 15) is 4.79 Å². The number of nitrogens with one attached hydrogen (secondary N) is 1. The molecule has 0 aliphatic heterocycles. The molecule has 3 atom stereocenters. The van der Waals surface area contributed by atoms with Gasteiger partial charge < -0.3 is 10.4 Å². The van der Waals surface area contributed by atoms with Gasteiger partial charge >= 0.3 is 0 Å². The van der Waals surface area contributed by atoms with Gasteiger partial charge in [0.1, 0.15) is 0 Å². The van der Waals surface area contributed by atoms with Crippen molar-refractivity contribution in [1.29, 1.82) is 0 Å². The molecule has 1 amide bonds. The summed E-state index contributed by atoms with van der Waals surface area (Å²) in [6, 6.07) is 8.44. The fraction of sp³-hybridized carbons (Fsp3) is 0.562. The molecule has 0 spiro atoms. The van der Waals surface area contributed by atoms with Crippen molar-refractivity contribution in [3.05, 3.63) is 35.4 Å². The van der Waals surface area contributed by atoms with Crippen LogP contribution in [0.4, 0.5) is 0 Å². The van der Waals surface area contributed by atoms with Crippen molar-refractivity contribution in [3.63, 3.8) is 0 Å². The van der Waals surface area contributed by atoms with E-state index in [2.05, 4.69) is 43.4 Å². The first-order valence-corrected chi connectivity index (χ1v) is 7.04. The first-order chi connectivity index (χ1) is 9.02. The zero-order chi connectivity index (χ0) is 14.0. The van der Waals surface area contributed by atoms with Gasteiger partial charge in [-0.2, -0.15) is 0 Å². The molecule has 3 nitrogen and oxygen atoms in total. The molecule has 1 aliphatic carbocycles. The number of carbonyl (C=O) groups is 1. The molecule has 104 valence electrons. The molecule has 3 heteroatoms. The molecule has 0 saturated heterocycles. The summed E-state index contributed by atoms with van der Waals surface area (Å²) in [7, 11) is 0. The van der Waals surface area contributed by atoms with E-state index < -0.39 is 0 Å². The maximum Gasteiger partial charge on any atom is 0.224 e. The second-order valence-corrected chi connectivity index (χ2v) is 5.86. The van der Waals surface area contributed by atoms with Crippen molar-refractivity contribution in [2.45, 2.75) is 45.1 Å². The Kier molecular flexibility index (Phi) is 4.25. The highest BCUT2D eigenvalue weighted by Gasteiger charge is 2.44. The second kappa shape index (κ2) is 5.74. The minimum atomic E-state index is -0.155. The van der Waals surface area contributed by atoms with E-state index in [1.165, 1.54) is 11.1 Å². The molecule has 0 aromatic heterocycles. The minimum Gasteiger partial charge on any atom is -0.394 e. The SMILES string of the molecule is CC(CO)NC(=O)C1CC1c1ccc(C(C)C)cc1. The van der Waals surface area contributed by atoms with Gasteiger partial charge in [-0.1, -0.05) is 38.1 Å². The fourth-order valence-electron chi connectivity index (χ4n) is 2.38. The molecule has 1 saturated carbocycles. The zero-order valence-electron chi connectivity index (χ0n) is 11.9. The number of benzene rings is 1. The molecule has 2 N–H and O–H groups in total. The Bertz CT molecular complexity index is 439. The third kappa shape index (κ3) is 3.35. The average Bonchev–Trinajstić information content (AvgIpc) is 3.19. The molecule has 1 fully saturated rings. The highest BCUT2D eigenvalue weighted by Crippen LogP contribution is 2.47. The third-order valence-corrected chi connectivity index (χ3v) is 3.82. The van der Waals surface area contributed by atoms with Gasteiger partial charge in [-0.05, 0) is 36.3 Å². The fourth-order valence-corrected chi connectivity index (χ4v) is 2.38. The van der Waals surface area contributed by atoms with Crippen molar-refractivity contribution >= 4 is 5.91 Å². The summed E-state index contributed by atoms with van der Waals surface area (Å²) < 4.78 is 0. The lowest BCUT2D eigenvalue weighted by molar-refractivity contribution is -0.123. The van der Waals surface area contributed by atoms with Crippen molar-refractivity contribution in [1.82, 2.24) is 5.32 Å². The molecular formula is C16H23NO2. The van der Waals surface area contributed by atoms with E-state index in [4.69, 9.17) is 5.11 Å². The molecule has 0 heterocycles. The number of hydrogen-bond donors (Lipinski definition) is 2. The lowest BCUT2D eigenvalue weighted by atomic mass is 10.00. The highest BCUT2D eigenvalue weighted by atomic mass is 16.3. The van der Waals surface area contributed by atoms with Gasteiger partial charge in [0.2, 0.25) is 5.91 Å². The van der Waals surface area contributed by atoms with Gasteiger partial charge in [0.15, 0.2) is 0 Å². The van der Waals surface area contributed by atoms with E-state index in [1.54, 1.807) is 0 Å². The van der Waals surface area contributed by atoms with Crippen molar-refractivity contribution in [2.75, 3.05) is 6.61 Å². The van der Waals surface area contributed by atoms with Gasteiger partial charge in [-0.15, -0.1) is 0 Å². The summed E-state index contributed by atoms with van der Waals surface area (Å²) in [5.74, 6) is 1.04. The quantitative estimate of drug-likeness (QED) is 0.855. The van der Waals surface area contributed by atoms with Crippen LogP contribution >= 0.6 is 0 Å². The minimum absolute atomic E-state index is 0.00773. The van der Waals surface area contributed by atoms with Crippen LogP contribution < -0.4 is 5.32 Å². The van der Waals surface area contributed by atoms with Gasteiger partial charge in [0.25, 0.3) is 0 Å². The van der Waals surface area contributed by atoms with Crippen LogP contribution in [0.2, 0.25) is 0 Å². The van der Waals surface area contributed by atoms with Gasteiger partial charge in [0.05, 0.1) is 6.61 Å². The van der Waals surface area contributed by atoms with Gasteiger partial charge in [-0.25, -0.2) is 0 Å². The lowest BCUT2D eigenvalue weighted by Gasteiger charge is -2.10. The maximum atomic E-state index is 11.9. The molecule has 2 rings (SSSR count). The van der Waals surface area contributed by atoms with Crippen LogP contribution in [0.15, 0.2) is 24.3 Å². The normalized spacial score (nSPS) is 23.2. The number of aliphatic hydroxyl groups is 1. The van der Waals surface area contributed by atoms with Crippen molar-refractivity contribution in [2.24, 2.45) is 5.92 Å². The summed E-state index contributed by atoms with van der Waals surface area (Å²) in [4.78, 5) is 11.9. The van der Waals surface area contributed by atoms with E-state index in [0.717, 1.165) is 6.42 Å². The molecule has 0 bridgehead atoms. The Balaban J connectivity index is 1.93. The predicted molar refractivity (Wildman–Crippen MR) is 76.1 cm³/mol. The Morgan fingerprint density at radius 2 is 1.95 bits per heavy atom. The predicted octanol–water partition coefficient (Wildman–Crippen LogP) is 2.41. The molecular weight excluding hydrogens is 238 g/mol. The van der Waals surface area contributed by atoms with E-state index in [1.807, 2.05) is 6.92 Å². The Labute approximate surface area is 115 Å². The average molecular weight is 261 g/mol. The Morgan fingerprint density at radius 1 is 1.32 bits per heavy atom. The molecule has 1 aromatic carbocycles. The van der Waals surface area contributed by atoms with Crippen LogP contribution in [0.3, 0.4) is 0 Å². The second-order valence-electron chi connectivity index (χ2n) is 5.86. The van der Waals surface area contributed by atoms with Gasteiger partial charge in [0, 0.05) is 12.0 Å². The monoisotopic (exact) mass is 261 g/mol. The first-order valence-electron chi connectivity index (χ1n) is 7.04. The number of amides is 1. The van der Waals surface area contributed by atoms with Gasteiger partial charge in [-0.3, -0.25) is 4.79 Å². The zero-order valence-corrected chi connectivity index (χ0v) is 11.9. The largest absolute Gasteiger partial charge is 0.394 e. The summed E-state index contributed by atoms with van der Waals surface area (Å²) in [5, 5.41) is 11.8. The first kappa shape index (κ1) is 14.1. The van der Waals surface area contributed by atoms with Crippen LogP contribution in [0.5, 0.6) is 0 Å². The number of hydrogen-bond acceptors (Lipinski definition) is 2. The van der Waals surface area contributed by atoms with Crippen molar-refractivity contribution < 1.29 is 9.90 Å². The topological polar surface area (TPSA) is 49.3 Å². The highest BCUT2D eigenvalue weighted by molar-refractivity contribution is 5.83.